The lowest BCUT2D eigenvalue weighted by Gasteiger charge is -2.08. The number of nitrogens with zero attached hydrogens (tertiary/aromatic N) is 1. The fourth-order valence-corrected chi connectivity index (χ4v) is 2.57. The van der Waals surface area contributed by atoms with E-state index in [0.717, 1.165) is 21.5 Å². The van der Waals surface area contributed by atoms with Gasteiger partial charge in [-0.2, -0.15) is 0 Å². The molecule has 0 saturated heterocycles. The number of hydrogen-bond acceptors (Lipinski definition) is 3. The molecule has 2 rings (SSSR count). The Morgan fingerprint density at radius 2 is 1.83 bits per heavy atom. The molecule has 0 saturated carbocycles. The molecule has 0 aliphatic heterocycles. The van der Waals surface area contributed by atoms with Gasteiger partial charge in [0.15, 0.2) is 0 Å². The molecule has 0 aliphatic rings. The van der Waals surface area contributed by atoms with Crippen molar-refractivity contribution in [1.29, 1.82) is 0 Å². The van der Waals surface area contributed by atoms with Crippen LogP contribution in [0.1, 0.15) is 25.1 Å². The molecule has 1 heterocycles. The number of aromatic nitrogens is 1. The van der Waals surface area contributed by atoms with E-state index in [2.05, 4.69) is 46.0 Å². The zero-order valence-corrected chi connectivity index (χ0v) is 12.5. The maximum absolute atomic E-state index is 5.94. The Balaban J connectivity index is 2.08. The summed E-state index contributed by atoms with van der Waals surface area (Å²) in [5, 5.41) is 0. The molecule has 94 valence electrons. The van der Waals surface area contributed by atoms with Crippen LogP contribution in [-0.2, 0) is 0 Å². The Morgan fingerprint density at radius 3 is 2.39 bits per heavy atom. The highest BCUT2D eigenvalue weighted by Crippen LogP contribution is 2.28. The molecule has 2 aromatic rings. The van der Waals surface area contributed by atoms with Crippen molar-refractivity contribution in [2.45, 2.75) is 29.2 Å². The Labute approximate surface area is 120 Å². The first-order chi connectivity index (χ1) is 8.69. The molecular formula is C14H15BrN2S. The number of pyridine rings is 1. The molecule has 0 fully saturated rings. The van der Waals surface area contributed by atoms with Crippen LogP contribution in [0.2, 0.25) is 0 Å². The summed E-state index contributed by atoms with van der Waals surface area (Å²) >= 11 is 5.13. The van der Waals surface area contributed by atoms with Gasteiger partial charge in [0, 0.05) is 26.5 Å². The molecular weight excluding hydrogens is 308 g/mol. The first kappa shape index (κ1) is 13.6. The van der Waals surface area contributed by atoms with E-state index >= 15 is 0 Å². The zero-order valence-electron chi connectivity index (χ0n) is 10.1. The van der Waals surface area contributed by atoms with Gasteiger partial charge >= 0.3 is 0 Å². The molecule has 0 amide bonds. The predicted octanol–water partition coefficient (Wildman–Crippen LogP) is 4.41. The van der Waals surface area contributed by atoms with E-state index in [0.29, 0.717) is 0 Å². The summed E-state index contributed by atoms with van der Waals surface area (Å²) < 4.78 is 1.09. The smallest absolute Gasteiger partial charge is 0.0571 e. The van der Waals surface area contributed by atoms with Gasteiger partial charge in [-0.25, -0.2) is 0 Å². The van der Waals surface area contributed by atoms with E-state index in [1.165, 1.54) is 4.90 Å². The highest BCUT2D eigenvalue weighted by atomic mass is 79.9. The largest absolute Gasteiger partial charge is 0.323 e. The Kier molecular flexibility index (Phi) is 4.80. The second-order valence-corrected chi connectivity index (χ2v) is 6.05. The van der Waals surface area contributed by atoms with Gasteiger partial charge in [0.25, 0.3) is 0 Å². The summed E-state index contributed by atoms with van der Waals surface area (Å²) in [5.41, 5.74) is 6.90. The third-order valence-corrected chi connectivity index (χ3v) is 4.14. The van der Waals surface area contributed by atoms with E-state index in [1.807, 2.05) is 24.4 Å². The average Bonchev–Trinajstić information content (AvgIpc) is 2.41. The van der Waals surface area contributed by atoms with Crippen molar-refractivity contribution in [3.63, 3.8) is 0 Å². The molecule has 0 spiro atoms. The standard InChI is InChI=1S/C14H15BrN2S/c1-2-13(16)14-8-7-12(9-17-14)18-11-5-3-10(15)4-6-11/h3-9,13H,2,16H2,1H3/t13-/m1/s1. The third kappa shape index (κ3) is 3.57. The average molecular weight is 323 g/mol. The van der Waals surface area contributed by atoms with Gasteiger partial charge in [0.1, 0.15) is 0 Å². The quantitative estimate of drug-likeness (QED) is 0.906. The van der Waals surface area contributed by atoms with Crippen molar-refractivity contribution < 1.29 is 0 Å². The van der Waals surface area contributed by atoms with Crippen molar-refractivity contribution in [3.8, 4) is 0 Å². The molecule has 1 aromatic heterocycles. The van der Waals surface area contributed by atoms with Crippen LogP contribution >= 0.6 is 27.7 Å². The van der Waals surface area contributed by atoms with Gasteiger partial charge in [-0.15, -0.1) is 0 Å². The monoisotopic (exact) mass is 322 g/mol. The Bertz CT molecular complexity index is 496. The summed E-state index contributed by atoms with van der Waals surface area (Å²) in [4.78, 5) is 6.74. The molecule has 0 radical (unpaired) electrons. The lowest BCUT2D eigenvalue weighted by Crippen LogP contribution is -2.10. The molecule has 0 bridgehead atoms. The highest BCUT2D eigenvalue weighted by molar-refractivity contribution is 9.10. The lowest BCUT2D eigenvalue weighted by molar-refractivity contribution is 0.674. The maximum Gasteiger partial charge on any atom is 0.0571 e. The minimum Gasteiger partial charge on any atom is -0.323 e. The number of nitrogens with two attached hydrogens (primary N) is 1. The van der Waals surface area contributed by atoms with Gasteiger partial charge in [-0.3, -0.25) is 4.98 Å². The summed E-state index contributed by atoms with van der Waals surface area (Å²) in [6.45, 7) is 2.07. The fraction of sp³-hybridized carbons (Fsp3) is 0.214. The fourth-order valence-electron chi connectivity index (χ4n) is 1.52. The van der Waals surface area contributed by atoms with Crippen LogP contribution in [-0.4, -0.2) is 4.98 Å². The molecule has 0 aliphatic carbocycles. The SMILES string of the molecule is CC[C@@H](N)c1ccc(Sc2ccc(Br)cc2)cn1. The van der Waals surface area contributed by atoms with Crippen LogP contribution in [0.5, 0.6) is 0 Å². The van der Waals surface area contributed by atoms with Crippen molar-refractivity contribution in [2.24, 2.45) is 5.73 Å². The van der Waals surface area contributed by atoms with Crippen molar-refractivity contribution >= 4 is 27.7 Å². The van der Waals surface area contributed by atoms with E-state index in [-0.39, 0.29) is 6.04 Å². The zero-order chi connectivity index (χ0) is 13.0. The predicted molar refractivity (Wildman–Crippen MR) is 79.7 cm³/mol. The highest BCUT2D eigenvalue weighted by Gasteiger charge is 2.05. The molecule has 1 atom stereocenters. The summed E-state index contributed by atoms with van der Waals surface area (Å²) in [6, 6.07) is 12.4. The van der Waals surface area contributed by atoms with E-state index < -0.39 is 0 Å². The van der Waals surface area contributed by atoms with Crippen LogP contribution in [0.15, 0.2) is 56.9 Å². The number of benzene rings is 1. The lowest BCUT2D eigenvalue weighted by atomic mass is 10.1. The first-order valence-corrected chi connectivity index (χ1v) is 7.45. The van der Waals surface area contributed by atoms with Gasteiger partial charge in [0.05, 0.1) is 5.69 Å². The van der Waals surface area contributed by atoms with Gasteiger partial charge < -0.3 is 5.73 Å². The van der Waals surface area contributed by atoms with Gasteiger partial charge in [0.2, 0.25) is 0 Å². The number of hydrogen-bond donors (Lipinski definition) is 1. The second kappa shape index (κ2) is 6.36. The van der Waals surface area contributed by atoms with Crippen molar-refractivity contribution in [2.75, 3.05) is 0 Å². The van der Waals surface area contributed by atoms with Crippen molar-refractivity contribution in [1.82, 2.24) is 4.98 Å². The maximum atomic E-state index is 5.94. The van der Waals surface area contributed by atoms with Gasteiger partial charge in [-0.05, 0) is 42.8 Å². The molecule has 2 N–H and O–H groups in total. The summed E-state index contributed by atoms with van der Waals surface area (Å²) in [6.07, 6.45) is 2.80. The van der Waals surface area contributed by atoms with E-state index in [1.54, 1.807) is 11.8 Å². The third-order valence-electron chi connectivity index (χ3n) is 2.63. The second-order valence-electron chi connectivity index (χ2n) is 3.99. The number of halogens is 1. The van der Waals surface area contributed by atoms with Crippen LogP contribution in [0.25, 0.3) is 0 Å². The number of rotatable bonds is 4. The molecule has 2 nitrogen and oxygen atoms in total. The summed E-state index contributed by atoms with van der Waals surface area (Å²) in [7, 11) is 0. The molecule has 1 aromatic carbocycles. The molecule has 0 unspecified atom stereocenters. The topological polar surface area (TPSA) is 38.9 Å². The Hall–Kier alpha value is -0.840. The van der Waals surface area contributed by atoms with Crippen LogP contribution in [0, 0.1) is 0 Å². The van der Waals surface area contributed by atoms with Gasteiger partial charge in [-0.1, -0.05) is 34.6 Å². The molecule has 18 heavy (non-hydrogen) atoms. The van der Waals surface area contributed by atoms with Crippen molar-refractivity contribution in [3.05, 3.63) is 52.8 Å². The van der Waals surface area contributed by atoms with Crippen LogP contribution in [0.3, 0.4) is 0 Å². The van der Waals surface area contributed by atoms with E-state index in [4.69, 9.17) is 5.73 Å². The van der Waals surface area contributed by atoms with Crippen LogP contribution in [0.4, 0.5) is 0 Å². The first-order valence-electron chi connectivity index (χ1n) is 5.84. The molecule has 4 heteroatoms. The minimum atomic E-state index is 0.0386. The van der Waals surface area contributed by atoms with E-state index in [9.17, 15) is 0 Å². The Morgan fingerprint density at radius 1 is 1.17 bits per heavy atom. The summed E-state index contributed by atoms with van der Waals surface area (Å²) in [5.74, 6) is 0. The minimum absolute atomic E-state index is 0.0386. The van der Waals surface area contributed by atoms with Crippen LogP contribution < -0.4 is 5.73 Å². The normalized spacial score (nSPS) is 12.4.